The van der Waals surface area contributed by atoms with Gasteiger partial charge in [-0.1, -0.05) is 36.9 Å². The normalized spacial score (nSPS) is 21.4. The molecule has 1 unspecified atom stereocenters. The number of carbonyl (C=O) groups is 3. The van der Waals surface area contributed by atoms with Gasteiger partial charge < -0.3 is 34.3 Å². The van der Waals surface area contributed by atoms with Crippen molar-refractivity contribution in [2.24, 2.45) is 0 Å². The molecule has 0 aliphatic carbocycles. The van der Waals surface area contributed by atoms with Crippen LogP contribution >= 0.6 is 11.6 Å². The summed E-state index contributed by atoms with van der Waals surface area (Å²) in [6, 6.07) is 12.2. The lowest BCUT2D eigenvalue weighted by molar-refractivity contribution is -0.190. The van der Waals surface area contributed by atoms with E-state index in [0.29, 0.717) is 68.3 Å². The van der Waals surface area contributed by atoms with E-state index in [-0.39, 0.29) is 30.1 Å². The Hall–Kier alpha value is -4.32. The highest BCUT2D eigenvalue weighted by atomic mass is 35.5. The lowest BCUT2D eigenvalue weighted by atomic mass is 9.95. The number of anilines is 2. The Morgan fingerprint density at radius 3 is 2.67 bits per heavy atom. The van der Waals surface area contributed by atoms with E-state index in [1.165, 1.54) is 11.0 Å². The summed E-state index contributed by atoms with van der Waals surface area (Å²) in [5, 5.41) is 15.3. The van der Waals surface area contributed by atoms with Crippen molar-refractivity contribution in [2.45, 2.75) is 83.3 Å². The van der Waals surface area contributed by atoms with E-state index in [1.54, 1.807) is 30.0 Å². The molecule has 6 rings (SSSR count). The van der Waals surface area contributed by atoms with Crippen molar-refractivity contribution >= 4 is 51.7 Å². The summed E-state index contributed by atoms with van der Waals surface area (Å²) in [7, 11) is 0. The second-order valence-corrected chi connectivity index (χ2v) is 13.7. The number of phenols is 1. The number of fused-ring (bicyclic) bond motifs is 4. The van der Waals surface area contributed by atoms with Crippen molar-refractivity contribution in [3.8, 4) is 11.5 Å². The van der Waals surface area contributed by atoms with Crippen LogP contribution in [0.3, 0.4) is 0 Å². The maximum Gasteiger partial charge on any atom is 0.416 e. The molecule has 0 saturated carbocycles. The number of hydrogen-bond acceptors (Lipinski definition) is 8. The zero-order valence-corrected chi connectivity index (χ0v) is 30.0. The molecule has 1 fully saturated rings. The van der Waals surface area contributed by atoms with Crippen LogP contribution in [0, 0.1) is 6.92 Å². The molecule has 3 aromatic carbocycles. The Balaban J connectivity index is 1.10. The van der Waals surface area contributed by atoms with Gasteiger partial charge in [-0.3, -0.25) is 9.59 Å². The highest BCUT2D eigenvalue weighted by molar-refractivity contribution is 6.19. The minimum atomic E-state index is -0.895. The number of benzene rings is 3. The number of alkyl halides is 1. The molecule has 3 heterocycles. The summed E-state index contributed by atoms with van der Waals surface area (Å²) in [6.07, 6.45) is 4.36. The molecule has 12 heteroatoms. The average Bonchev–Trinajstić information content (AvgIpc) is 3.47. The van der Waals surface area contributed by atoms with Crippen LogP contribution in [0.5, 0.6) is 11.5 Å². The Labute approximate surface area is 303 Å². The standard InChI is InChI=1S/C39H46ClN3O8/c1-4-16-50-39(47)43-30-21-33(24(2)19-29(30)37(46)41-25(3)38(43)51-35-15-9-11-18-49-35)48-17-10-5-6-14-34(45)42-23-26(22-40)36-28-13-8-7-12-27(28)32(44)20-31(36)42/h4,7-8,12-13,19-21,25-26,35,38,44H,1,5-6,9-11,14-18,22-23H2,2-3H3,(H,41,46)/t25-,26+,35?,38-/m0/s1. The van der Waals surface area contributed by atoms with Gasteiger partial charge in [0.25, 0.3) is 5.91 Å². The Morgan fingerprint density at radius 1 is 1.12 bits per heavy atom. The minimum absolute atomic E-state index is 0.00704. The first-order valence-electron chi connectivity index (χ1n) is 17.7. The van der Waals surface area contributed by atoms with E-state index in [0.717, 1.165) is 46.8 Å². The number of ether oxygens (including phenoxy) is 4. The van der Waals surface area contributed by atoms with Crippen molar-refractivity contribution in [3.05, 3.63) is 71.8 Å². The van der Waals surface area contributed by atoms with Crippen LogP contribution in [0.15, 0.2) is 55.1 Å². The van der Waals surface area contributed by atoms with E-state index in [4.69, 9.17) is 30.5 Å². The smallest absolute Gasteiger partial charge is 0.416 e. The van der Waals surface area contributed by atoms with Gasteiger partial charge in [0.05, 0.1) is 29.6 Å². The second kappa shape index (κ2) is 16.4. The Morgan fingerprint density at radius 2 is 1.92 bits per heavy atom. The summed E-state index contributed by atoms with van der Waals surface area (Å²) < 4.78 is 23.8. The number of carbonyl (C=O) groups excluding carboxylic acids is 3. The molecule has 0 radical (unpaired) electrons. The molecule has 51 heavy (non-hydrogen) atoms. The number of rotatable bonds is 12. The predicted molar refractivity (Wildman–Crippen MR) is 196 cm³/mol. The number of aryl methyl sites for hydroxylation is 1. The topological polar surface area (TPSA) is 127 Å². The van der Waals surface area contributed by atoms with Crippen LogP contribution in [0.1, 0.15) is 79.3 Å². The maximum absolute atomic E-state index is 13.5. The average molecular weight is 720 g/mol. The molecule has 2 N–H and O–H groups in total. The van der Waals surface area contributed by atoms with Crippen LogP contribution in [0.2, 0.25) is 0 Å². The van der Waals surface area contributed by atoms with Crippen molar-refractivity contribution < 1.29 is 38.4 Å². The molecule has 0 bridgehead atoms. The molecule has 3 aliphatic heterocycles. The molecule has 3 aliphatic rings. The number of halogens is 1. The Bertz CT molecular complexity index is 1780. The van der Waals surface area contributed by atoms with Crippen LogP contribution in [-0.4, -0.2) is 73.8 Å². The zero-order chi connectivity index (χ0) is 36.1. The second-order valence-electron chi connectivity index (χ2n) is 13.3. The van der Waals surface area contributed by atoms with Gasteiger partial charge in [0.15, 0.2) is 12.5 Å². The number of hydrogen-bond donors (Lipinski definition) is 2. The lowest BCUT2D eigenvalue weighted by Crippen LogP contribution is -2.53. The lowest BCUT2D eigenvalue weighted by Gasteiger charge is -2.36. The van der Waals surface area contributed by atoms with Gasteiger partial charge in [-0.05, 0) is 75.0 Å². The summed E-state index contributed by atoms with van der Waals surface area (Å²) in [4.78, 5) is 43.4. The minimum Gasteiger partial charge on any atom is -0.507 e. The van der Waals surface area contributed by atoms with Gasteiger partial charge in [-0.15, -0.1) is 11.6 Å². The summed E-state index contributed by atoms with van der Waals surface area (Å²) in [5.41, 5.74) is 3.10. The zero-order valence-electron chi connectivity index (χ0n) is 29.2. The molecule has 1 saturated heterocycles. The third-order valence-electron chi connectivity index (χ3n) is 9.71. The van der Waals surface area contributed by atoms with E-state index in [2.05, 4.69) is 11.9 Å². The highest BCUT2D eigenvalue weighted by Crippen LogP contribution is 2.45. The molecular weight excluding hydrogens is 674 g/mol. The number of amides is 3. The third kappa shape index (κ3) is 7.80. The number of nitrogens with zero attached hydrogens (tertiary/aromatic N) is 2. The number of phenolic OH excluding ortho intramolecular Hbond substituents is 1. The van der Waals surface area contributed by atoms with Crippen molar-refractivity contribution in [3.63, 3.8) is 0 Å². The van der Waals surface area contributed by atoms with Crippen LogP contribution in [0.4, 0.5) is 16.2 Å². The number of unbranched alkanes of at least 4 members (excludes halogenated alkanes) is 2. The highest BCUT2D eigenvalue weighted by Gasteiger charge is 2.41. The SMILES string of the molecule is C=CCOC(=O)N1c2cc(OCCCCCC(=O)N3C[C@@H](CCl)c4c3cc(O)c3ccccc43)c(C)cc2C(=O)N[C@@H](C)[C@@H]1OC1CCCCO1. The van der Waals surface area contributed by atoms with E-state index in [1.807, 2.05) is 31.2 Å². The maximum atomic E-state index is 13.5. The monoisotopic (exact) mass is 719 g/mol. The predicted octanol–water partition coefficient (Wildman–Crippen LogP) is 7.29. The van der Waals surface area contributed by atoms with Crippen molar-refractivity contribution in [2.75, 3.05) is 42.0 Å². The van der Waals surface area contributed by atoms with Gasteiger partial charge in [-0.25, -0.2) is 9.69 Å². The largest absolute Gasteiger partial charge is 0.507 e. The van der Waals surface area contributed by atoms with Crippen LogP contribution in [0.25, 0.3) is 10.8 Å². The summed E-state index contributed by atoms with van der Waals surface area (Å²) >= 11 is 6.35. The summed E-state index contributed by atoms with van der Waals surface area (Å²) in [6.45, 7) is 8.69. The van der Waals surface area contributed by atoms with E-state index < -0.39 is 24.7 Å². The fraction of sp³-hybridized carbons (Fsp3) is 0.462. The molecule has 272 valence electrons. The van der Waals surface area contributed by atoms with Gasteiger partial charge in [0.2, 0.25) is 5.91 Å². The van der Waals surface area contributed by atoms with Gasteiger partial charge >= 0.3 is 6.09 Å². The molecule has 3 aromatic rings. The molecule has 0 spiro atoms. The molecule has 3 amide bonds. The third-order valence-corrected chi connectivity index (χ3v) is 10.1. The van der Waals surface area contributed by atoms with Crippen molar-refractivity contribution in [1.29, 1.82) is 0 Å². The van der Waals surface area contributed by atoms with Crippen LogP contribution in [-0.2, 0) is 19.0 Å². The Kier molecular flexibility index (Phi) is 11.7. The first kappa shape index (κ1) is 36.5. The quantitative estimate of drug-likeness (QED) is 0.114. The van der Waals surface area contributed by atoms with E-state index >= 15 is 0 Å². The number of nitrogens with one attached hydrogen (secondary N) is 1. The van der Waals surface area contributed by atoms with Gasteiger partial charge in [0, 0.05) is 48.9 Å². The number of aromatic hydroxyl groups is 1. The fourth-order valence-corrected chi connectivity index (χ4v) is 7.40. The molecular formula is C39H46ClN3O8. The van der Waals surface area contributed by atoms with E-state index in [9.17, 15) is 19.5 Å². The van der Waals surface area contributed by atoms with Gasteiger partial charge in [0.1, 0.15) is 18.1 Å². The fourth-order valence-electron chi connectivity index (χ4n) is 7.15. The first-order valence-corrected chi connectivity index (χ1v) is 18.3. The first-order chi connectivity index (χ1) is 24.7. The van der Waals surface area contributed by atoms with Crippen molar-refractivity contribution in [1.82, 2.24) is 5.32 Å². The molecule has 0 aromatic heterocycles. The van der Waals surface area contributed by atoms with Gasteiger partial charge in [-0.2, -0.15) is 0 Å². The summed E-state index contributed by atoms with van der Waals surface area (Å²) in [5.74, 6) is 0.698. The van der Waals surface area contributed by atoms with Crippen LogP contribution < -0.4 is 19.9 Å². The molecule has 11 nitrogen and oxygen atoms in total. The molecule has 4 atom stereocenters.